The number of fused-ring (bicyclic) bond motifs is 2. The van der Waals surface area contributed by atoms with Crippen LogP contribution in [0, 0.1) is 13.0 Å². The first-order valence-corrected chi connectivity index (χ1v) is 16.7. The Morgan fingerprint density at radius 2 is 1.40 bits per heavy atom. The summed E-state index contributed by atoms with van der Waals surface area (Å²) in [5.74, 6) is -0.931. The van der Waals surface area contributed by atoms with Crippen LogP contribution >= 0.6 is 11.6 Å². The maximum Gasteiger partial charge on any atom is 0.310 e. The zero-order chi connectivity index (χ0) is 33.1. The van der Waals surface area contributed by atoms with Crippen molar-refractivity contribution in [2.24, 2.45) is 10.2 Å². The van der Waals surface area contributed by atoms with Gasteiger partial charge in [-0.1, -0.05) is 29.8 Å². The first-order chi connectivity index (χ1) is 20.9. The fraction of sp³-hybridized carbons (Fsp3) is 0.0400. The second-order valence-corrected chi connectivity index (χ2v) is 13.8. The molecule has 4 aromatic carbocycles. The van der Waals surface area contributed by atoms with Crippen molar-refractivity contribution in [3.05, 3.63) is 71.4 Å². The molecule has 0 aliphatic heterocycles. The molecule has 0 fully saturated rings. The molecule has 0 atom stereocenters. The summed E-state index contributed by atoms with van der Waals surface area (Å²) in [5, 5.41) is 20.4. The van der Waals surface area contributed by atoms with Crippen molar-refractivity contribution in [2.75, 3.05) is 5.32 Å². The zero-order valence-electron chi connectivity index (χ0n) is 25.2. The maximum atomic E-state index is 13.7. The van der Waals surface area contributed by atoms with Crippen LogP contribution in [0.5, 0.6) is 5.75 Å². The van der Waals surface area contributed by atoms with E-state index in [1.54, 1.807) is 0 Å². The van der Waals surface area contributed by atoms with Crippen LogP contribution in [0.25, 0.3) is 21.5 Å². The van der Waals surface area contributed by atoms with Crippen molar-refractivity contribution in [1.82, 2.24) is 9.97 Å². The molecule has 1 aromatic heterocycles. The van der Waals surface area contributed by atoms with Gasteiger partial charge in [-0.05, 0) is 48.7 Å². The molecule has 0 spiro atoms. The van der Waals surface area contributed by atoms with Gasteiger partial charge < -0.3 is 10.4 Å². The van der Waals surface area contributed by atoms with E-state index in [2.05, 4.69) is 25.5 Å². The zero-order valence-corrected chi connectivity index (χ0v) is 34.4. The van der Waals surface area contributed by atoms with Gasteiger partial charge in [0.1, 0.15) is 31.1 Å². The van der Waals surface area contributed by atoms with E-state index in [0.29, 0.717) is 0 Å². The van der Waals surface area contributed by atoms with Crippen molar-refractivity contribution in [3.8, 4) is 5.75 Å². The Kier molecular flexibility index (Phi) is 14.2. The Morgan fingerprint density at radius 1 is 0.771 bits per heavy atom. The number of phenols is 1. The Hall–Kier alpha value is -1.37. The van der Waals surface area contributed by atoms with Gasteiger partial charge in [-0.25, -0.2) is 4.98 Å². The van der Waals surface area contributed by atoms with E-state index in [1.165, 1.54) is 25.1 Å². The fourth-order valence-corrected chi connectivity index (χ4v) is 6.76. The van der Waals surface area contributed by atoms with Crippen LogP contribution in [0.3, 0.4) is 0 Å². The summed E-state index contributed by atoms with van der Waals surface area (Å²) in [5.41, 5.74) is -1.11. The van der Waals surface area contributed by atoms with Crippen molar-refractivity contribution in [3.63, 3.8) is 0 Å². The molecule has 5 rings (SSSR count). The summed E-state index contributed by atoms with van der Waals surface area (Å²) >= 11 is 6.13. The Bertz CT molecular complexity index is 2460. The third-order valence-electron chi connectivity index (χ3n) is 6.33. The van der Waals surface area contributed by atoms with Gasteiger partial charge in [0, 0.05) is 111 Å². The minimum absolute atomic E-state index is 0. The van der Waals surface area contributed by atoms with Gasteiger partial charge >= 0.3 is 6.08 Å². The largest absolute Gasteiger partial charge is 0.505 e. The van der Waals surface area contributed by atoms with Crippen molar-refractivity contribution in [1.29, 1.82) is 0 Å². The van der Waals surface area contributed by atoms with Gasteiger partial charge in [0.25, 0.3) is 30.4 Å². The average molecular weight is 767 g/mol. The van der Waals surface area contributed by atoms with E-state index in [-0.39, 0.29) is 132 Å². The Balaban J connectivity index is 0.00000267. The van der Waals surface area contributed by atoms with Crippen molar-refractivity contribution < 1.29 is 48.4 Å². The average Bonchev–Trinajstić information content (AvgIpc) is 2.92. The van der Waals surface area contributed by atoms with Crippen LogP contribution in [0.4, 0.5) is 27.3 Å². The molecule has 15 nitrogen and oxygen atoms in total. The standard InChI is InChI=1S/C25H17ClFN5O10S3.3Na/c1-11-20(26)24(30-25(27)28-11)29-13-5-6-14-12(9-13)10-19(44(37,38)39)21(22(14)33)32-31-17-8-7-15-16(23(17)45(40,41)42)3-2-4-18(15)43(34,35)36;;;/h2-10,33H,1H3,(H,28,29,30)(H,34,35,36)(H,37,38,39)(H,40,41,42);;;. The smallest absolute Gasteiger partial charge is 0.310 e. The summed E-state index contributed by atoms with van der Waals surface area (Å²) in [7, 11) is -15.1. The van der Waals surface area contributed by atoms with Gasteiger partial charge in [0.2, 0.25) is 0 Å². The number of rotatable bonds is 7. The van der Waals surface area contributed by atoms with Gasteiger partial charge in [0.05, 0.1) is 5.69 Å². The topological polar surface area (TPSA) is 246 Å². The third-order valence-corrected chi connectivity index (χ3v) is 9.50. The quantitative estimate of drug-likeness (QED) is 0.0670. The first kappa shape index (κ1) is 42.8. The van der Waals surface area contributed by atoms with Crippen LogP contribution < -0.4 is 5.32 Å². The van der Waals surface area contributed by atoms with E-state index in [1.807, 2.05) is 0 Å². The van der Waals surface area contributed by atoms with E-state index < -0.39 is 68.2 Å². The van der Waals surface area contributed by atoms with Gasteiger partial charge in [-0.2, -0.15) is 34.6 Å². The Labute approximate surface area is 343 Å². The second kappa shape index (κ2) is 15.9. The molecule has 5 N–H and O–H groups in total. The van der Waals surface area contributed by atoms with Crippen molar-refractivity contribution >= 4 is 175 Å². The van der Waals surface area contributed by atoms with Crippen LogP contribution in [0.2, 0.25) is 5.02 Å². The van der Waals surface area contributed by atoms with Crippen LogP contribution in [-0.4, -0.2) is 143 Å². The van der Waals surface area contributed by atoms with Crippen LogP contribution in [0.15, 0.2) is 79.5 Å². The molecule has 0 saturated heterocycles. The molecule has 1 heterocycles. The van der Waals surface area contributed by atoms with Crippen LogP contribution in [0.1, 0.15) is 5.69 Å². The molecule has 0 aliphatic rings. The predicted molar refractivity (Wildman–Crippen MR) is 175 cm³/mol. The molecule has 0 amide bonds. The van der Waals surface area contributed by atoms with E-state index in [9.17, 15) is 48.4 Å². The molecule has 3 radical (unpaired) electrons. The predicted octanol–water partition coefficient (Wildman–Crippen LogP) is 4.35. The molecular formula is C25H17ClFN5Na3O10S3. The summed E-state index contributed by atoms with van der Waals surface area (Å²) < 4.78 is 116. The van der Waals surface area contributed by atoms with E-state index >= 15 is 0 Å². The number of aromatic nitrogens is 2. The first-order valence-electron chi connectivity index (χ1n) is 12.0. The third kappa shape index (κ3) is 8.91. The van der Waals surface area contributed by atoms with Crippen LogP contribution in [-0.2, 0) is 30.4 Å². The molecule has 0 bridgehead atoms. The number of aryl methyl sites for hydroxylation is 1. The normalized spacial score (nSPS) is 12.0. The summed E-state index contributed by atoms with van der Waals surface area (Å²) in [6.07, 6.45) is -1.07. The number of benzene rings is 4. The molecule has 0 saturated carbocycles. The van der Waals surface area contributed by atoms with Gasteiger partial charge in [-0.15, -0.1) is 10.2 Å². The molecule has 5 aromatic rings. The number of anilines is 2. The number of azo groups is 1. The fourth-order valence-electron chi connectivity index (χ4n) is 4.44. The second-order valence-electron chi connectivity index (χ2n) is 9.26. The number of nitrogens with zero attached hydrogens (tertiary/aromatic N) is 4. The van der Waals surface area contributed by atoms with Gasteiger partial charge in [-0.3, -0.25) is 13.7 Å². The number of halogens is 2. The monoisotopic (exact) mass is 766 g/mol. The molecular weight excluding hydrogens is 750 g/mol. The summed E-state index contributed by atoms with van der Waals surface area (Å²) in [6.45, 7) is 1.44. The number of aromatic hydroxyl groups is 1. The minimum atomic E-state index is -5.16. The molecule has 0 unspecified atom stereocenters. The molecule has 23 heteroatoms. The molecule has 48 heavy (non-hydrogen) atoms. The number of hydrogen-bond acceptors (Lipinski definition) is 12. The summed E-state index contributed by atoms with van der Waals surface area (Å²) in [6, 6.07) is 10.1. The van der Waals surface area contributed by atoms with Gasteiger partial charge in [0.15, 0.2) is 11.6 Å². The molecule has 237 valence electrons. The number of phenolic OH excluding ortho intramolecular Hbond substituents is 1. The summed E-state index contributed by atoms with van der Waals surface area (Å²) in [4.78, 5) is 4.48. The SMILES string of the molecule is Cc1nc(F)nc(Nc2ccc3c(O)c(N=Nc4ccc5c(S(=O)(=O)O)cccc5c4S(=O)(=O)O)c(S(=O)(=O)O)cc3c2)c1Cl.[Na].[Na].[Na]. The maximum absolute atomic E-state index is 13.7. The Morgan fingerprint density at radius 3 is 2.00 bits per heavy atom. The minimum Gasteiger partial charge on any atom is -0.505 e. The van der Waals surface area contributed by atoms with E-state index in [0.717, 1.165) is 36.4 Å². The van der Waals surface area contributed by atoms with E-state index in [4.69, 9.17) is 11.6 Å². The number of nitrogens with one attached hydrogen (secondary N) is 1. The number of hydrogen-bond donors (Lipinski definition) is 5. The molecule has 0 aliphatic carbocycles. The van der Waals surface area contributed by atoms with Crippen molar-refractivity contribution in [2.45, 2.75) is 21.6 Å².